The fourth-order valence-corrected chi connectivity index (χ4v) is 4.49. The molecular weight excluding hydrogens is 378 g/mol. The van der Waals surface area contributed by atoms with Crippen molar-refractivity contribution in [3.63, 3.8) is 0 Å². The highest BCUT2D eigenvalue weighted by Crippen LogP contribution is 2.37. The molecule has 26 heavy (non-hydrogen) atoms. The summed E-state index contributed by atoms with van der Waals surface area (Å²) in [4.78, 5) is 0.142. The molecule has 0 unspecified atom stereocenters. The van der Waals surface area contributed by atoms with Crippen molar-refractivity contribution in [3.05, 3.63) is 28.5 Å². The van der Waals surface area contributed by atoms with Crippen molar-refractivity contribution < 1.29 is 17.9 Å². The lowest BCUT2D eigenvalue weighted by Gasteiger charge is -2.21. The van der Waals surface area contributed by atoms with Crippen LogP contribution in [0.2, 0.25) is 5.02 Å². The molecule has 1 aromatic carbocycles. The first kappa shape index (κ1) is 20.4. The second-order valence-electron chi connectivity index (χ2n) is 6.88. The number of aromatic nitrogens is 2. The maximum absolute atomic E-state index is 13.0. The van der Waals surface area contributed by atoms with E-state index in [4.69, 9.17) is 21.1 Å². The molecule has 1 heterocycles. The van der Waals surface area contributed by atoms with E-state index in [-0.39, 0.29) is 21.9 Å². The Bertz CT molecular complexity index is 930. The molecule has 0 saturated heterocycles. The van der Waals surface area contributed by atoms with Crippen LogP contribution in [-0.2, 0) is 15.6 Å². The minimum absolute atomic E-state index is 0.142. The molecule has 0 spiro atoms. The quantitative estimate of drug-likeness (QED) is 0.825. The molecule has 1 N–H and O–H groups in total. The van der Waals surface area contributed by atoms with Gasteiger partial charge in [-0.2, -0.15) is 5.10 Å². The molecule has 0 radical (unpaired) electrons. The van der Waals surface area contributed by atoms with Crippen LogP contribution in [0.5, 0.6) is 11.5 Å². The summed E-state index contributed by atoms with van der Waals surface area (Å²) < 4.78 is 40.7. The Labute approximate surface area is 159 Å². The van der Waals surface area contributed by atoms with Gasteiger partial charge in [-0.1, -0.05) is 11.6 Å². The maximum atomic E-state index is 13.0. The number of rotatable bonds is 5. The van der Waals surface area contributed by atoms with Gasteiger partial charge in [0.1, 0.15) is 16.4 Å². The van der Waals surface area contributed by atoms with Crippen molar-refractivity contribution in [3.8, 4) is 11.5 Å². The molecule has 0 aliphatic rings. The molecule has 144 valence electrons. The summed E-state index contributed by atoms with van der Waals surface area (Å²) in [6.45, 7) is 9.29. The van der Waals surface area contributed by atoms with Gasteiger partial charge in [0.15, 0.2) is 0 Å². The summed E-state index contributed by atoms with van der Waals surface area (Å²) >= 11 is 6.08. The average molecular weight is 402 g/mol. The minimum atomic E-state index is -3.90. The summed E-state index contributed by atoms with van der Waals surface area (Å²) in [5.41, 5.74) is 0.868. The fraction of sp³-hybridized carbons (Fsp3) is 0.471. The van der Waals surface area contributed by atoms with E-state index in [1.807, 2.05) is 20.8 Å². The molecule has 0 fully saturated rings. The van der Waals surface area contributed by atoms with Gasteiger partial charge in [0.25, 0.3) is 10.0 Å². The highest BCUT2D eigenvalue weighted by Gasteiger charge is 2.29. The SMILES string of the molecule is COc1cc(NS(=O)(=O)c2c(C)nn(C(C)(C)C)c2C)c(OC)cc1Cl. The van der Waals surface area contributed by atoms with Crippen LogP contribution in [0.4, 0.5) is 5.69 Å². The predicted octanol–water partition coefficient (Wildman–Crippen LogP) is 3.73. The summed E-state index contributed by atoms with van der Waals surface area (Å²) in [5, 5.41) is 4.72. The number of aryl methyl sites for hydroxylation is 1. The van der Waals surface area contributed by atoms with E-state index in [1.54, 1.807) is 18.5 Å². The Balaban J connectivity index is 2.56. The summed E-state index contributed by atoms with van der Waals surface area (Å²) in [6, 6.07) is 2.98. The second-order valence-corrected chi connectivity index (χ2v) is 8.90. The Kier molecular flexibility index (Phi) is 5.49. The van der Waals surface area contributed by atoms with Crippen molar-refractivity contribution in [2.75, 3.05) is 18.9 Å². The van der Waals surface area contributed by atoms with Crippen LogP contribution in [0.25, 0.3) is 0 Å². The average Bonchev–Trinajstić information content (AvgIpc) is 2.83. The lowest BCUT2D eigenvalue weighted by atomic mass is 10.1. The zero-order valence-corrected chi connectivity index (χ0v) is 17.5. The molecule has 0 bridgehead atoms. The monoisotopic (exact) mass is 401 g/mol. The van der Waals surface area contributed by atoms with Crippen LogP contribution in [0.3, 0.4) is 0 Å². The molecule has 9 heteroatoms. The number of hydrogen-bond acceptors (Lipinski definition) is 5. The van der Waals surface area contributed by atoms with Gasteiger partial charge in [-0.25, -0.2) is 8.42 Å². The van der Waals surface area contributed by atoms with Gasteiger partial charge in [0.05, 0.1) is 41.9 Å². The van der Waals surface area contributed by atoms with E-state index in [9.17, 15) is 8.42 Å². The third-order valence-electron chi connectivity index (χ3n) is 3.85. The van der Waals surface area contributed by atoms with Gasteiger partial charge in [-0.15, -0.1) is 0 Å². The largest absolute Gasteiger partial charge is 0.495 e. The smallest absolute Gasteiger partial charge is 0.265 e. The van der Waals surface area contributed by atoms with Crippen LogP contribution in [0, 0.1) is 13.8 Å². The number of hydrogen-bond donors (Lipinski definition) is 1. The summed E-state index contributed by atoms with van der Waals surface area (Å²) in [6.07, 6.45) is 0. The first-order valence-corrected chi connectivity index (χ1v) is 9.79. The van der Waals surface area contributed by atoms with E-state index >= 15 is 0 Å². The zero-order chi connectivity index (χ0) is 19.9. The van der Waals surface area contributed by atoms with Crippen LogP contribution in [-0.4, -0.2) is 32.4 Å². The lowest BCUT2D eigenvalue weighted by Crippen LogP contribution is -2.25. The Morgan fingerprint density at radius 3 is 2.15 bits per heavy atom. The molecule has 0 amide bonds. The minimum Gasteiger partial charge on any atom is -0.495 e. The van der Waals surface area contributed by atoms with Gasteiger partial charge in [-0.3, -0.25) is 9.40 Å². The second kappa shape index (κ2) is 7.00. The molecule has 0 atom stereocenters. The Morgan fingerprint density at radius 2 is 1.69 bits per heavy atom. The van der Waals surface area contributed by atoms with Crippen molar-refractivity contribution in [1.29, 1.82) is 0 Å². The number of anilines is 1. The standard InChI is InChI=1S/C17H24ClN3O4S/c1-10-16(11(2)21(19-10)17(3,4)5)26(22,23)20-13-9-14(24-6)12(18)8-15(13)25-7/h8-9,20H,1-7H3. The van der Waals surface area contributed by atoms with Crippen LogP contribution < -0.4 is 14.2 Å². The van der Waals surface area contributed by atoms with E-state index in [0.717, 1.165) is 0 Å². The molecule has 2 rings (SSSR count). The van der Waals surface area contributed by atoms with Gasteiger partial charge >= 0.3 is 0 Å². The van der Waals surface area contributed by atoms with Crippen LogP contribution >= 0.6 is 11.6 Å². The van der Waals surface area contributed by atoms with Crippen molar-refractivity contribution in [1.82, 2.24) is 9.78 Å². The van der Waals surface area contributed by atoms with Crippen molar-refractivity contribution >= 4 is 27.3 Å². The van der Waals surface area contributed by atoms with E-state index in [1.165, 1.54) is 26.4 Å². The van der Waals surface area contributed by atoms with Crippen LogP contribution in [0.15, 0.2) is 17.0 Å². The third-order valence-corrected chi connectivity index (χ3v) is 5.76. The number of ether oxygens (including phenoxy) is 2. The Morgan fingerprint density at radius 1 is 1.12 bits per heavy atom. The summed E-state index contributed by atoms with van der Waals surface area (Å²) in [7, 11) is -1.01. The number of sulfonamides is 1. The van der Waals surface area contributed by atoms with Gasteiger partial charge in [0.2, 0.25) is 0 Å². The van der Waals surface area contributed by atoms with Crippen molar-refractivity contribution in [2.45, 2.75) is 45.1 Å². The van der Waals surface area contributed by atoms with E-state index in [2.05, 4.69) is 9.82 Å². The lowest BCUT2D eigenvalue weighted by molar-refractivity contribution is 0.345. The van der Waals surface area contributed by atoms with Gasteiger partial charge < -0.3 is 9.47 Å². The van der Waals surface area contributed by atoms with E-state index in [0.29, 0.717) is 22.2 Å². The fourth-order valence-electron chi connectivity index (χ4n) is 2.81. The number of methoxy groups -OCH3 is 2. The molecule has 1 aromatic heterocycles. The Hall–Kier alpha value is -1.93. The topological polar surface area (TPSA) is 82.5 Å². The first-order chi connectivity index (χ1) is 11.9. The normalized spacial score (nSPS) is 12.2. The number of nitrogens with zero attached hydrogens (tertiary/aromatic N) is 2. The molecular formula is C17H24ClN3O4S. The zero-order valence-electron chi connectivity index (χ0n) is 16.0. The van der Waals surface area contributed by atoms with Gasteiger partial charge in [-0.05, 0) is 34.6 Å². The predicted molar refractivity (Wildman–Crippen MR) is 102 cm³/mol. The first-order valence-electron chi connectivity index (χ1n) is 7.93. The summed E-state index contributed by atoms with van der Waals surface area (Å²) in [5.74, 6) is 0.627. The van der Waals surface area contributed by atoms with Crippen molar-refractivity contribution in [2.24, 2.45) is 0 Å². The number of halogens is 1. The molecule has 0 saturated carbocycles. The third kappa shape index (κ3) is 3.76. The number of nitrogens with one attached hydrogen (secondary N) is 1. The molecule has 7 nitrogen and oxygen atoms in total. The molecule has 0 aliphatic heterocycles. The highest BCUT2D eigenvalue weighted by atomic mass is 35.5. The maximum Gasteiger partial charge on any atom is 0.265 e. The van der Waals surface area contributed by atoms with Crippen LogP contribution in [0.1, 0.15) is 32.2 Å². The van der Waals surface area contributed by atoms with Gasteiger partial charge in [0, 0.05) is 12.1 Å². The number of benzene rings is 1. The van der Waals surface area contributed by atoms with E-state index < -0.39 is 10.0 Å². The molecule has 0 aliphatic carbocycles. The highest BCUT2D eigenvalue weighted by molar-refractivity contribution is 7.92. The molecule has 2 aromatic rings.